The van der Waals surface area contributed by atoms with Gasteiger partial charge in [-0.2, -0.15) is 0 Å². The van der Waals surface area contributed by atoms with Crippen LogP contribution in [-0.4, -0.2) is 42.1 Å². The van der Waals surface area contributed by atoms with E-state index in [0.29, 0.717) is 18.8 Å². The minimum atomic E-state index is -0.870. The van der Waals surface area contributed by atoms with Crippen LogP contribution in [0, 0.1) is 5.92 Å². The Kier molecular flexibility index (Phi) is 2.88. The number of piperidine rings is 1. The predicted molar refractivity (Wildman–Crippen MR) is 57.9 cm³/mol. The van der Waals surface area contributed by atoms with Gasteiger partial charge in [0.25, 0.3) is 5.91 Å². The van der Waals surface area contributed by atoms with Crippen molar-refractivity contribution in [1.29, 1.82) is 0 Å². The van der Waals surface area contributed by atoms with Crippen molar-refractivity contribution < 1.29 is 14.3 Å². The van der Waals surface area contributed by atoms with Crippen LogP contribution in [-0.2, 0) is 9.53 Å². The van der Waals surface area contributed by atoms with E-state index in [9.17, 15) is 9.59 Å². The molecule has 2 amide bonds. The maximum Gasteiger partial charge on any atom is 0.415 e. The number of hydrogen-bond acceptors (Lipinski definition) is 4. The van der Waals surface area contributed by atoms with Crippen LogP contribution in [0.5, 0.6) is 0 Å². The SMILES string of the molecule is CC(C)CN1CCC2(CC1)OC(=O)NC2=O. The lowest BCUT2D eigenvalue weighted by molar-refractivity contribution is -0.135. The number of ether oxygens (including phenoxy) is 1. The highest BCUT2D eigenvalue weighted by Crippen LogP contribution is 2.30. The second kappa shape index (κ2) is 4.05. The molecule has 0 saturated carbocycles. The van der Waals surface area contributed by atoms with Crippen molar-refractivity contribution in [2.45, 2.75) is 32.3 Å². The zero-order valence-corrected chi connectivity index (χ0v) is 9.78. The minimum absolute atomic E-state index is 0.262. The standard InChI is InChI=1S/C11H18N2O3/c1-8(2)7-13-5-3-11(4-6-13)9(14)12-10(15)16-11/h8H,3-7H2,1-2H3,(H,12,14,15). The Morgan fingerprint density at radius 3 is 2.44 bits per heavy atom. The highest BCUT2D eigenvalue weighted by Gasteiger charge is 2.50. The third-order valence-corrected chi connectivity index (χ3v) is 3.20. The number of hydrogen-bond donors (Lipinski definition) is 1. The molecule has 2 saturated heterocycles. The van der Waals surface area contributed by atoms with E-state index in [2.05, 4.69) is 24.1 Å². The topological polar surface area (TPSA) is 58.6 Å². The normalized spacial score (nSPS) is 24.9. The molecule has 2 aliphatic rings. The molecule has 0 aromatic carbocycles. The lowest BCUT2D eigenvalue weighted by Gasteiger charge is -2.36. The number of rotatable bonds is 2. The van der Waals surface area contributed by atoms with E-state index in [-0.39, 0.29) is 5.91 Å². The van der Waals surface area contributed by atoms with Gasteiger partial charge in [-0.1, -0.05) is 13.8 Å². The van der Waals surface area contributed by atoms with Crippen molar-refractivity contribution >= 4 is 12.0 Å². The summed E-state index contributed by atoms with van der Waals surface area (Å²) in [5, 5.41) is 2.21. The van der Waals surface area contributed by atoms with E-state index in [1.807, 2.05) is 0 Å². The van der Waals surface area contributed by atoms with Crippen LogP contribution >= 0.6 is 0 Å². The number of imide groups is 1. The molecule has 0 atom stereocenters. The summed E-state index contributed by atoms with van der Waals surface area (Å²) < 4.78 is 5.13. The lowest BCUT2D eigenvalue weighted by atomic mass is 9.90. The van der Waals surface area contributed by atoms with Gasteiger partial charge in [0.15, 0.2) is 5.60 Å². The van der Waals surface area contributed by atoms with Crippen LogP contribution in [0.2, 0.25) is 0 Å². The first-order valence-electron chi connectivity index (χ1n) is 5.79. The number of amides is 2. The van der Waals surface area contributed by atoms with Gasteiger partial charge >= 0.3 is 6.09 Å². The molecular weight excluding hydrogens is 208 g/mol. The van der Waals surface area contributed by atoms with Crippen molar-refractivity contribution in [3.05, 3.63) is 0 Å². The second-order valence-corrected chi connectivity index (χ2v) is 5.03. The number of nitrogens with one attached hydrogen (secondary N) is 1. The van der Waals surface area contributed by atoms with Crippen LogP contribution in [0.25, 0.3) is 0 Å². The quantitative estimate of drug-likeness (QED) is 0.754. The number of carbonyl (C=O) groups excluding carboxylic acids is 2. The molecule has 0 aliphatic carbocycles. The van der Waals surface area contributed by atoms with E-state index in [1.165, 1.54) is 0 Å². The first-order chi connectivity index (χ1) is 7.52. The van der Waals surface area contributed by atoms with E-state index in [4.69, 9.17) is 4.74 Å². The summed E-state index contributed by atoms with van der Waals surface area (Å²) in [7, 11) is 0. The fourth-order valence-electron chi connectivity index (χ4n) is 2.40. The van der Waals surface area contributed by atoms with Gasteiger partial charge in [0.05, 0.1) is 0 Å². The number of alkyl carbamates (subject to hydrolysis) is 1. The van der Waals surface area contributed by atoms with E-state index in [1.54, 1.807) is 0 Å². The zero-order chi connectivity index (χ0) is 11.8. The van der Waals surface area contributed by atoms with Crippen LogP contribution in [0.1, 0.15) is 26.7 Å². The Labute approximate surface area is 95.1 Å². The summed E-state index contributed by atoms with van der Waals surface area (Å²) in [6.45, 7) is 7.02. The number of nitrogens with zero attached hydrogens (tertiary/aromatic N) is 1. The van der Waals surface area contributed by atoms with Crippen molar-refractivity contribution in [2.24, 2.45) is 5.92 Å². The Hall–Kier alpha value is -1.10. The average Bonchev–Trinajstić information content (AvgIpc) is 2.45. The number of carbonyl (C=O) groups is 2. The predicted octanol–water partition coefficient (Wildman–Crippen LogP) is 0.743. The molecule has 16 heavy (non-hydrogen) atoms. The van der Waals surface area contributed by atoms with Gasteiger partial charge in [0.1, 0.15) is 0 Å². The summed E-state index contributed by atoms with van der Waals surface area (Å²) in [4.78, 5) is 24.9. The largest absolute Gasteiger partial charge is 0.432 e. The average molecular weight is 226 g/mol. The highest BCUT2D eigenvalue weighted by atomic mass is 16.6. The summed E-state index contributed by atoms with van der Waals surface area (Å²) in [5.41, 5.74) is -0.870. The second-order valence-electron chi connectivity index (χ2n) is 5.03. The Balaban J connectivity index is 1.94. The first-order valence-corrected chi connectivity index (χ1v) is 5.79. The van der Waals surface area contributed by atoms with Crippen LogP contribution in [0.4, 0.5) is 4.79 Å². The van der Waals surface area contributed by atoms with Crippen molar-refractivity contribution in [2.75, 3.05) is 19.6 Å². The fraction of sp³-hybridized carbons (Fsp3) is 0.818. The molecule has 1 spiro atoms. The molecule has 1 N–H and O–H groups in total. The summed E-state index contributed by atoms with van der Waals surface area (Å²) in [6, 6.07) is 0. The van der Waals surface area contributed by atoms with Gasteiger partial charge in [-0.05, 0) is 5.92 Å². The van der Waals surface area contributed by atoms with Crippen LogP contribution < -0.4 is 5.32 Å². The van der Waals surface area contributed by atoms with E-state index >= 15 is 0 Å². The smallest absolute Gasteiger partial charge is 0.415 e. The maximum atomic E-state index is 11.6. The molecule has 2 fully saturated rings. The molecule has 2 aliphatic heterocycles. The molecule has 0 unspecified atom stereocenters. The van der Waals surface area contributed by atoms with Crippen molar-refractivity contribution in [3.63, 3.8) is 0 Å². The van der Waals surface area contributed by atoms with Gasteiger partial charge in [-0.3, -0.25) is 10.1 Å². The highest BCUT2D eigenvalue weighted by molar-refractivity contribution is 6.02. The van der Waals surface area contributed by atoms with Crippen molar-refractivity contribution in [3.8, 4) is 0 Å². The molecule has 0 aromatic rings. The van der Waals surface area contributed by atoms with Gasteiger partial charge in [0, 0.05) is 32.5 Å². The molecular formula is C11H18N2O3. The number of likely N-dealkylation sites (tertiary alicyclic amines) is 1. The Bertz CT molecular complexity index is 306. The molecule has 0 bridgehead atoms. The molecule has 5 heteroatoms. The molecule has 2 heterocycles. The molecule has 0 radical (unpaired) electrons. The summed E-state index contributed by atoms with van der Waals surface area (Å²) >= 11 is 0. The van der Waals surface area contributed by atoms with E-state index < -0.39 is 11.7 Å². The minimum Gasteiger partial charge on any atom is -0.432 e. The van der Waals surface area contributed by atoms with Crippen LogP contribution in [0.3, 0.4) is 0 Å². The van der Waals surface area contributed by atoms with Crippen LogP contribution in [0.15, 0.2) is 0 Å². The monoisotopic (exact) mass is 226 g/mol. The molecule has 5 nitrogen and oxygen atoms in total. The Morgan fingerprint density at radius 1 is 1.38 bits per heavy atom. The molecule has 90 valence electrons. The van der Waals surface area contributed by atoms with Gasteiger partial charge in [-0.15, -0.1) is 0 Å². The molecule has 2 rings (SSSR count). The third kappa shape index (κ3) is 2.04. The summed E-state index contributed by atoms with van der Waals surface area (Å²) in [6.07, 6.45) is 0.622. The summed E-state index contributed by atoms with van der Waals surface area (Å²) in [5.74, 6) is 0.357. The lowest BCUT2D eigenvalue weighted by Crippen LogP contribution is -2.50. The third-order valence-electron chi connectivity index (χ3n) is 3.20. The molecule has 0 aromatic heterocycles. The van der Waals surface area contributed by atoms with Gasteiger partial charge < -0.3 is 9.64 Å². The maximum absolute atomic E-state index is 11.6. The fourth-order valence-corrected chi connectivity index (χ4v) is 2.40. The first kappa shape index (κ1) is 11.4. The van der Waals surface area contributed by atoms with Gasteiger partial charge in [-0.25, -0.2) is 4.79 Å². The van der Waals surface area contributed by atoms with Crippen molar-refractivity contribution in [1.82, 2.24) is 10.2 Å². The zero-order valence-electron chi connectivity index (χ0n) is 9.78. The Morgan fingerprint density at radius 2 is 2.00 bits per heavy atom. The van der Waals surface area contributed by atoms with Gasteiger partial charge in [0.2, 0.25) is 0 Å². The van der Waals surface area contributed by atoms with E-state index in [0.717, 1.165) is 19.6 Å².